The van der Waals surface area contributed by atoms with Crippen molar-refractivity contribution in [2.45, 2.75) is 36.7 Å². The third kappa shape index (κ3) is 4.19. The number of thioether (sulfide) groups is 1. The molecule has 0 saturated carbocycles. The normalized spacial score (nSPS) is 12.9. The number of hydrogen-bond acceptors (Lipinski definition) is 10. The lowest BCUT2D eigenvalue weighted by Crippen LogP contribution is -2.25. The summed E-state index contributed by atoms with van der Waals surface area (Å²) in [4.78, 5) is 20.3. The average Bonchev–Trinajstić information content (AvgIpc) is 3.58. The monoisotopic (exact) mass is 500 g/mol. The van der Waals surface area contributed by atoms with Crippen LogP contribution in [0.25, 0.3) is 21.7 Å². The third-order valence-corrected chi connectivity index (χ3v) is 7.88. The number of aryl methyl sites for hydroxylation is 2. The highest BCUT2D eigenvalue weighted by Crippen LogP contribution is 2.36. The lowest BCUT2D eigenvalue weighted by molar-refractivity contribution is 0.183. The van der Waals surface area contributed by atoms with Gasteiger partial charge in [0, 0.05) is 17.6 Å². The number of hydrogen-bond donors (Lipinski definition) is 0. The summed E-state index contributed by atoms with van der Waals surface area (Å²) in [6.07, 6.45) is 3.08. The minimum Gasteiger partial charge on any atom is -0.493 e. The first-order valence-corrected chi connectivity index (χ1v) is 12.6. The van der Waals surface area contributed by atoms with Gasteiger partial charge < -0.3 is 18.6 Å². The molecule has 5 rings (SSSR count). The standard InChI is InChI=1S/C23H24N4O5S2/c1-29-10-9-27-22(28)19-14-5-4-6-17(14)34-21(19)24-23(27)33-12-18-25-26-20(32-18)13-7-8-15(30-2)16(11-13)31-3/h7-8,11H,4-6,9-10,12H2,1-3H3. The Hall–Kier alpha value is -2.89. The van der Waals surface area contributed by atoms with Gasteiger partial charge in [0.2, 0.25) is 11.8 Å². The Kier molecular flexibility index (Phi) is 6.57. The molecule has 0 aliphatic heterocycles. The third-order valence-electron chi connectivity index (χ3n) is 5.73. The van der Waals surface area contributed by atoms with Crippen LogP contribution in [-0.4, -0.2) is 47.7 Å². The van der Waals surface area contributed by atoms with Crippen molar-refractivity contribution in [3.63, 3.8) is 0 Å². The second kappa shape index (κ2) is 9.77. The molecule has 0 N–H and O–H groups in total. The smallest absolute Gasteiger partial charge is 0.263 e. The number of methoxy groups -OCH3 is 3. The van der Waals surface area contributed by atoms with Crippen LogP contribution in [0.5, 0.6) is 11.5 Å². The van der Waals surface area contributed by atoms with Crippen LogP contribution in [0.4, 0.5) is 0 Å². The summed E-state index contributed by atoms with van der Waals surface area (Å²) in [5.74, 6) is 2.41. The van der Waals surface area contributed by atoms with Crippen LogP contribution in [0.15, 0.2) is 32.6 Å². The summed E-state index contributed by atoms with van der Waals surface area (Å²) in [7, 11) is 4.79. The lowest BCUT2D eigenvalue weighted by atomic mass is 10.2. The predicted octanol–water partition coefficient (Wildman–Crippen LogP) is 3.95. The Morgan fingerprint density at radius 2 is 2.00 bits per heavy atom. The second-order valence-corrected chi connectivity index (χ2v) is 9.77. The zero-order valence-electron chi connectivity index (χ0n) is 19.1. The van der Waals surface area contributed by atoms with Gasteiger partial charge in [-0.05, 0) is 43.0 Å². The first kappa shape index (κ1) is 22.9. The topological polar surface area (TPSA) is 102 Å². The van der Waals surface area contributed by atoms with Crippen molar-refractivity contribution in [3.05, 3.63) is 44.9 Å². The molecule has 178 valence electrons. The van der Waals surface area contributed by atoms with Gasteiger partial charge in [0.05, 0.1) is 38.5 Å². The van der Waals surface area contributed by atoms with Crippen LogP contribution in [0, 0.1) is 0 Å². The fourth-order valence-electron chi connectivity index (χ4n) is 4.07. The highest BCUT2D eigenvalue weighted by molar-refractivity contribution is 7.98. The molecule has 1 aliphatic carbocycles. The van der Waals surface area contributed by atoms with E-state index in [0.717, 1.165) is 35.0 Å². The number of nitrogens with zero attached hydrogens (tertiary/aromatic N) is 4. The maximum Gasteiger partial charge on any atom is 0.263 e. The zero-order chi connectivity index (χ0) is 23.7. The fourth-order valence-corrected chi connectivity index (χ4v) is 6.24. The van der Waals surface area contributed by atoms with Gasteiger partial charge in [0.25, 0.3) is 5.56 Å². The maximum atomic E-state index is 13.4. The van der Waals surface area contributed by atoms with Crippen molar-refractivity contribution in [3.8, 4) is 23.0 Å². The van der Waals surface area contributed by atoms with Gasteiger partial charge in [-0.15, -0.1) is 21.5 Å². The van der Waals surface area contributed by atoms with Crippen LogP contribution in [0.3, 0.4) is 0 Å². The van der Waals surface area contributed by atoms with E-state index in [2.05, 4.69) is 10.2 Å². The summed E-state index contributed by atoms with van der Waals surface area (Å²) >= 11 is 3.04. The lowest BCUT2D eigenvalue weighted by Gasteiger charge is -2.11. The van der Waals surface area contributed by atoms with E-state index in [9.17, 15) is 4.79 Å². The maximum absolute atomic E-state index is 13.4. The molecule has 0 radical (unpaired) electrons. The van der Waals surface area contributed by atoms with Gasteiger partial charge in [-0.2, -0.15) is 0 Å². The Morgan fingerprint density at radius 3 is 2.79 bits per heavy atom. The minimum atomic E-state index is 0.000459. The van der Waals surface area contributed by atoms with Crippen molar-refractivity contribution in [1.29, 1.82) is 0 Å². The molecule has 0 spiro atoms. The quantitative estimate of drug-likeness (QED) is 0.250. The van der Waals surface area contributed by atoms with Crippen LogP contribution in [-0.2, 0) is 29.9 Å². The average molecular weight is 501 g/mol. The zero-order valence-corrected chi connectivity index (χ0v) is 20.8. The van der Waals surface area contributed by atoms with Crippen LogP contribution >= 0.6 is 23.1 Å². The fraction of sp³-hybridized carbons (Fsp3) is 0.391. The Morgan fingerprint density at radius 1 is 1.15 bits per heavy atom. The summed E-state index contributed by atoms with van der Waals surface area (Å²) < 4.78 is 23.5. The molecule has 11 heteroatoms. The predicted molar refractivity (Wildman–Crippen MR) is 130 cm³/mol. The molecular formula is C23H24N4O5S2. The molecule has 0 fully saturated rings. The number of ether oxygens (including phenoxy) is 3. The van der Waals surface area contributed by atoms with Gasteiger partial charge in [-0.3, -0.25) is 9.36 Å². The van der Waals surface area contributed by atoms with E-state index < -0.39 is 0 Å². The van der Waals surface area contributed by atoms with Gasteiger partial charge in [-0.25, -0.2) is 4.98 Å². The van der Waals surface area contributed by atoms with Crippen molar-refractivity contribution >= 4 is 33.3 Å². The first-order chi connectivity index (χ1) is 16.6. The van der Waals surface area contributed by atoms with Crippen molar-refractivity contribution in [2.24, 2.45) is 0 Å². The van der Waals surface area contributed by atoms with Gasteiger partial charge in [0.1, 0.15) is 4.83 Å². The van der Waals surface area contributed by atoms with Crippen LogP contribution < -0.4 is 15.0 Å². The van der Waals surface area contributed by atoms with E-state index in [-0.39, 0.29) is 5.56 Å². The van der Waals surface area contributed by atoms with E-state index in [1.807, 2.05) is 6.07 Å². The Bertz CT molecular complexity index is 1390. The second-order valence-electron chi connectivity index (χ2n) is 7.74. The van der Waals surface area contributed by atoms with Crippen molar-refractivity contribution in [1.82, 2.24) is 19.7 Å². The number of rotatable bonds is 9. The molecule has 0 bridgehead atoms. The molecule has 0 atom stereocenters. The van der Waals surface area contributed by atoms with Gasteiger partial charge in [-0.1, -0.05) is 11.8 Å². The van der Waals surface area contributed by atoms with Crippen LogP contribution in [0.2, 0.25) is 0 Å². The molecule has 4 aromatic rings. The van der Waals surface area contributed by atoms with Crippen molar-refractivity contribution < 1.29 is 18.6 Å². The highest BCUT2D eigenvalue weighted by atomic mass is 32.2. The van der Waals surface area contributed by atoms with E-state index in [1.165, 1.54) is 22.2 Å². The molecule has 3 heterocycles. The Labute approximate surface area is 204 Å². The minimum absolute atomic E-state index is 0.000459. The molecule has 1 aromatic carbocycles. The number of aromatic nitrogens is 4. The molecule has 0 saturated heterocycles. The highest BCUT2D eigenvalue weighted by Gasteiger charge is 2.23. The molecular weight excluding hydrogens is 476 g/mol. The molecule has 0 unspecified atom stereocenters. The van der Waals surface area contributed by atoms with Crippen molar-refractivity contribution in [2.75, 3.05) is 27.9 Å². The summed E-state index contributed by atoms with van der Waals surface area (Å²) in [6.45, 7) is 0.864. The van der Waals surface area contributed by atoms with E-state index in [0.29, 0.717) is 47.3 Å². The number of benzene rings is 1. The van der Waals surface area contributed by atoms with E-state index >= 15 is 0 Å². The van der Waals surface area contributed by atoms with Gasteiger partial charge in [0.15, 0.2) is 16.7 Å². The van der Waals surface area contributed by atoms with Gasteiger partial charge >= 0.3 is 0 Å². The molecule has 1 aliphatic rings. The summed E-state index contributed by atoms with van der Waals surface area (Å²) in [5.41, 5.74) is 1.91. The molecule has 9 nitrogen and oxygen atoms in total. The number of fused-ring (bicyclic) bond motifs is 3. The van der Waals surface area contributed by atoms with E-state index in [4.69, 9.17) is 23.6 Å². The van der Waals surface area contributed by atoms with E-state index in [1.54, 1.807) is 49.4 Å². The Balaban J connectivity index is 1.41. The first-order valence-electron chi connectivity index (χ1n) is 10.8. The SMILES string of the molecule is COCCn1c(SCc2nnc(-c3ccc(OC)c(OC)c3)o2)nc2sc3c(c2c1=O)CCC3. The summed E-state index contributed by atoms with van der Waals surface area (Å²) in [6, 6.07) is 5.41. The number of thiophene rings is 1. The molecule has 0 amide bonds. The largest absolute Gasteiger partial charge is 0.493 e. The van der Waals surface area contributed by atoms with Crippen LogP contribution in [0.1, 0.15) is 22.8 Å². The molecule has 34 heavy (non-hydrogen) atoms. The summed E-state index contributed by atoms with van der Waals surface area (Å²) in [5, 5.41) is 9.74. The molecule has 3 aromatic heterocycles.